The van der Waals surface area contributed by atoms with Crippen LogP contribution in [0.5, 0.6) is 0 Å². The van der Waals surface area contributed by atoms with Crippen molar-refractivity contribution in [1.29, 1.82) is 0 Å². The van der Waals surface area contributed by atoms with Gasteiger partial charge in [0.1, 0.15) is 10.6 Å². The van der Waals surface area contributed by atoms with Crippen molar-refractivity contribution in [3.8, 4) is 11.1 Å². The van der Waals surface area contributed by atoms with Gasteiger partial charge in [0.2, 0.25) is 0 Å². The molecule has 0 aliphatic carbocycles. The smallest absolute Gasteiger partial charge is 0.341 e. The largest absolute Gasteiger partial charge is 0.465 e. The Morgan fingerprint density at radius 3 is 2.58 bits per heavy atom. The highest BCUT2D eigenvalue weighted by atomic mass is 32.1. The molecule has 1 aromatic carbocycles. The number of carbonyl (C=O) groups is 1. The van der Waals surface area contributed by atoms with Crippen LogP contribution in [0.2, 0.25) is 0 Å². The Bertz CT molecular complexity index is 668. The number of hydrogen-bond acceptors (Lipinski definition) is 5. The van der Waals surface area contributed by atoms with Crippen molar-refractivity contribution in [2.75, 3.05) is 33.0 Å². The molecule has 0 amide bonds. The summed E-state index contributed by atoms with van der Waals surface area (Å²) in [6, 6.07) is 9.94. The van der Waals surface area contributed by atoms with Crippen LogP contribution < -0.4 is 5.73 Å². The lowest BCUT2D eigenvalue weighted by molar-refractivity contribution is 0.0603. The first kappa shape index (κ1) is 18.5. The van der Waals surface area contributed by atoms with E-state index in [9.17, 15) is 4.79 Å². The van der Waals surface area contributed by atoms with Crippen LogP contribution in [-0.4, -0.2) is 38.1 Å². The number of nitrogens with two attached hydrogens (primary N) is 1. The molecule has 0 aliphatic heterocycles. The Hall–Kier alpha value is -1.85. The summed E-state index contributed by atoms with van der Waals surface area (Å²) >= 11 is 1.50. The number of likely N-dealkylation sites (N-methyl/N-ethyl adjacent to an activating group) is 1. The predicted octanol–water partition coefficient (Wildman–Crippen LogP) is 4.06. The standard InChI is InChI=1S/C19H26N2O2S/c1-4-5-12-21(2)13-11-15-16(14-9-7-6-8-10-14)17(18(20)24-15)19(22)23-3/h6-10H,4-5,11-13,20H2,1-3H3. The van der Waals surface area contributed by atoms with Gasteiger partial charge in [-0.2, -0.15) is 0 Å². The van der Waals surface area contributed by atoms with Gasteiger partial charge < -0.3 is 15.4 Å². The summed E-state index contributed by atoms with van der Waals surface area (Å²) in [5, 5.41) is 0.534. The van der Waals surface area contributed by atoms with Gasteiger partial charge in [0.05, 0.1) is 7.11 Å². The average molecular weight is 346 g/mol. The number of anilines is 1. The molecule has 0 fully saturated rings. The van der Waals surface area contributed by atoms with E-state index in [1.54, 1.807) is 0 Å². The third-order valence-corrected chi connectivity index (χ3v) is 5.15. The molecule has 0 spiro atoms. The van der Waals surface area contributed by atoms with Crippen molar-refractivity contribution in [2.45, 2.75) is 26.2 Å². The maximum atomic E-state index is 12.2. The van der Waals surface area contributed by atoms with Gasteiger partial charge >= 0.3 is 5.97 Å². The lowest BCUT2D eigenvalue weighted by atomic mass is 10.00. The second kappa shape index (κ2) is 8.85. The van der Waals surface area contributed by atoms with E-state index >= 15 is 0 Å². The van der Waals surface area contributed by atoms with Crippen LogP contribution in [0.15, 0.2) is 30.3 Å². The van der Waals surface area contributed by atoms with E-state index in [1.165, 1.54) is 31.3 Å². The zero-order valence-electron chi connectivity index (χ0n) is 14.7. The molecule has 0 atom stereocenters. The fourth-order valence-electron chi connectivity index (χ4n) is 2.72. The molecule has 2 N–H and O–H groups in total. The Morgan fingerprint density at radius 1 is 1.25 bits per heavy atom. The summed E-state index contributed by atoms with van der Waals surface area (Å²) < 4.78 is 4.95. The molecule has 0 bridgehead atoms. The molecule has 5 heteroatoms. The third kappa shape index (κ3) is 4.36. The van der Waals surface area contributed by atoms with E-state index in [0.717, 1.165) is 35.5 Å². The Balaban J connectivity index is 2.32. The average Bonchev–Trinajstić information content (AvgIpc) is 2.94. The number of rotatable bonds is 8. The van der Waals surface area contributed by atoms with Gasteiger partial charge in [-0.1, -0.05) is 43.7 Å². The second-order valence-corrected chi connectivity index (χ2v) is 7.04. The topological polar surface area (TPSA) is 55.6 Å². The van der Waals surface area contributed by atoms with Crippen molar-refractivity contribution in [1.82, 2.24) is 4.90 Å². The van der Waals surface area contributed by atoms with Gasteiger partial charge in [0, 0.05) is 17.0 Å². The number of esters is 1. The number of nitrogen functional groups attached to an aromatic ring is 1. The van der Waals surface area contributed by atoms with Gasteiger partial charge in [0.15, 0.2) is 0 Å². The van der Waals surface area contributed by atoms with Gasteiger partial charge in [-0.3, -0.25) is 0 Å². The quantitative estimate of drug-likeness (QED) is 0.732. The van der Waals surface area contributed by atoms with E-state index in [0.29, 0.717) is 10.6 Å². The maximum absolute atomic E-state index is 12.2. The molecule has 4 nitrogen and oxygen atoms in total. The summed E-state index contributed by atoms with van der Waals surface area (Å²) in [5.41, 5.74) is 8.58. The molecule has 0 saturated carbocycles. The maximum Gasteiger partial charge on any atom is 0.341 e. The predicted molar refractivity (Wildman–Crippen MR) is 102 cm³/mol. The van der Waals surface area contributed by atoms with Crippen molar-refractivity contribution in [3.63, 3.8) is 0 Å². The van der Waals surface area contributed by atoms with E-state index < -0.39 is 0 Å². The lowest BCUT2D eigenvalue weighted by Crippen LogP contribution is -2.22. The van der Waals surface area contributed by atoms with Crippen molar-refractivity contribution in [2.24, 2.45) is 0 Å². The molecule has 2 rings (SSSR count). The molecule has 130 valence electrons. The van der Waals surface area contributed by atoms with Crippen molar-refractivity contribution < 1.29 is 9.53 Å². The number of nitrogens with zero attached hydrogens (tertiary/aromatic N) is 1. The van der Waals surface area contributed by atoms with Gasteiger partial charge in [-0.05, 0) is 32.0 Å². The molecule has 0 unspecified atom stereocenters. The molecular formula is C19H26N2O2S. The highest BCUT2D eigenvalue weighted by Gasteiger charge is 2.24. The lowest BCUT2D eigenvalue weighted by Gasteiger charge is -2.16. The molecular weight excluding hydrogens is 320 g/mol. The number of benzene rings is 1. The fraction of sp³-hybridized carbons (Fsp3) is 0.421. The minimum Gasteiger partial charge on any atom is -0.465 e. The van der Waals surface area contributed by atoms with Crippen molar-refractivity contribution in [3.05, 3.63) is 40.8 Å². The Kier molecular flexibility index (Phi) is 6.82. The molecule has 0 radical (unpaired) electrons. The molecule has 0 aliphatic rings. The summed E-state index contributed by atoms with van der Waals surface area (Å²) in [5.74, 6) is -0.367. The monoisotopic (exact) mass is 346 g/mol. The highest BCUT2D eigenvalue weighted by molar-refractivity contribution is 7.17. The van der Waals surface area contributed by atoms with E-state index in [-0.39, 0.29) is 5.97 Å². The second-order valence-electron chi connectivity index (χ2n) is 5.90. The summed E-state index contributed by atoms with van der Waals surface area (Å²) in [7, 11) is 3.53. The van der Waals surface area contributed by atoms with Crippen LogP contribution in [0.25, 0.3) is 11.1 Å². The first-order valence-corrected chi connectivity index (χ1v) is 9.13. The Labute approximate surface area is 148 Å². The molecule has 24 heavy (non-hydrogen) atoms. The normalized spacial score (nSPS) is 11.0. The van der Waals surface area contributed by atoms with Gasteiger partial charge in [-0.25, -0.2) is 4.79 Å². The number of unbranched alkanes of at least 4 members (excludes halogenated alkanes) is 1. The number of hydrogen-bond donors (Lipinski definition) is 1. The highest BCUT2D eigenvalue weighted by Crippen LogP contribution is 2.39. The molecule has 0 saturated heterocycles. The Morgan fingerprint density at radius 2 is 1.96 bits per heavy atom. The van der Waals surface area contributed by atoms with Crippen LogP contribution in [-0.2, 0) is 11.2 Å². The number of ether oxygens (including phenoxy) is 1. The van der Waals surface area contributed by atoms with Crippen LogP contribution >= 0.6 is 11.3 Å². The van der Waals surface area contributed by atoms with Crippen LogP contribution in [0, 0.1) is 0 Å². The van der Waals surface area contributed by atoms with Gasteiger partial charge in [-0.15, -0.1) is 11.3 Å². The zero-order chi connectivity index (χ0) is 17.5. The van der Waals surface area contributed by atoms with E-state index in [2.05, 4.69) is 18.9 Å². The number of carbonyl (C=O) groups excluding carboxylic acids is 1. The molecule has 1 heterocycles. The fourth-order valence-corrected chi connectivity index (χ4v) is 3.79. The SMILES string of the molecule is CCCCN(C)CCc1sc(N)c(C(=O)OC)c1-c1ccccc1. The summed E-state index contributed by atoms with van der Waals surface area (Å²) in [4.78, 5) is 15.7. The molecule has 2 aromatic rings. The van der Waals surface area contributed by atoms with Crippen LogP contribution in [0.4, 0.5) is 5.00 Å². The molecule has 1 aromatic heterocycles. The number of thiophene rings is 1. The zero-order valence-corrected chi connectivity index (χ0v) is 15.5. The van der Waals surface area contributed by atoms with Gasteiger partial charge in [0.25, 0.3) is 0 Å². The van der Waals surface area contributed by atoms with Crippen molar-refractivity contribution >= 4 is 22.3 Å². The first-order valence-electron chi connectivity index (χ1n) is 8.31. The third-order valence-electron chi connectivity index (χ3n) is 4.07. The minimum absolute atomic E-state index is 0.367. The minimum atomic E-state index is -0.367. The first-order chi connectivity index (χ1) is 11.6. The summed E-state index contributed by atoms with van der Waals surface area (Å²) in [6.07, 6.45) is 3.26. The van der Waals surface area contributed by atoms with Crippen LogP contribution in [0.1, 0.15) is 35.0 Å². The van der Waals surface area contributed by atoms with E-state index in [1.807, 2.05) is 30.3 Å². The van der Waals surface area contributed by atoms with E-state index in [4.69, 9.17) is 10.5 Å². The van der Waals surface area contributed by atoms with Crippen LogP contribution in [0.3, 0.4) is 0 Å². The number of methoxy groups -OCH3 is 1. The summed E-state index contributed by atoms with van der Waals surface area (Å²) in [6.45, 7) is 4.23.